The standard InChI is InChI=1S/C12H18N2O/c1-9(15)5-6-11-13-7-10(8-14-11)12(2,3)4/h7-8H,5-6H2,1-4H3. The Morgan fingerprint density at radius 1 is 1.27 bits per heavy atom. The maximum Gasteiger partial charge on any atom is 0.130 e. The maximum atomic E-state index is 10.8. The third-order valence-electron chi connectivity index (χ3n) is 2.27. The molecule has 1 aromatic rings. The molecule has 0 saturated heterocycles. The zero-order chi connectivity index (χ0) is 11.5. The van der Waals surface area contributed by atoms with E-state index in [-0.39, 0.29) is 11.2 Å². The topological polar surface area (TPSA) is 42.9 Å². The Bertz CT molecular complexity index is 336. The summed E-state index contributed by atoms with van der Waals surface area (Å²) in [5.41, 5.74) is 1.20. The smallest absolute Gasteiger partial charge is 0.130 e. The van der Waals surface area contributed by atoms with Crippen molar-refractivity contribution in [2.75, 3.05) is 0 Å². The van der Waals surface area contributed by atoms with Crippen LogP contribution in [0, 0.1) is 0 Å². The first kappa shape index (κ1) is 11.8. The third-order valence-corrected chi connectivity index (χ3v) is 2.27. The van der Waals surface area contributed by atoms with Crippen LogP contribution in [0.25, 0.3) is 0 Å². The number of aryl methyl sites for hydroxylation is 1. The molecule has 0 N–H and O–H groups in total. The van der Waals surface area contributed by atoms with E-state index in [2.05, 4.69) is 30.7 Å². The Hall–Kier alpha value is -1.25. The Labute approximate surface area is 91.0 Å². The summed E-state index contributed by atoms with van der Waals surface area (Å²) in [4.78, 5) is 19.3. The van der Waals surface area contributed by atoms with Crippen molar-refractivity contribution in [2.24, 2.45) is 0 Å². The molecule has 0 aliphatic heterocycles. The minimum absolute atomic E-state index is 0.0824. The quantitative estimate of drug-likeness (QED) is 0.762. The monoisotopic (exact) mass is 206 g/mol. The number of rotatable bonds is 3. The lowest BCUT2D eigenvalue weighted by Gasteiger charge is -2.17. The normalized spacial score (nSPS) is 11.5. The highest BCUT2D eigenvalue weighted by Gasteiger charge is 2.14. The SMILES string of the molecule is CC(=O)CCc1ncc(C(C)(C)C)cn1. The fraction of sp³-hybridized carbons (Fsp3) is 0.583. The molecule has 0 bridgehead atoms. The molecule has 0 aliphatic rings. The molecule has 0 atom stereocenters. The largest absolute Gasteiger partial charge is 0.300 e. The first-order valence-electron chi connectivity index (χ1n) is 5.20. The Kier molecular flexibility index (Phi) is 3.56. The van der Waals surface area contributed by atoms with Gasteiger partial charge in [-0.15, -0.1) is 0 Å². The van der Waals surface area contributed by atoms with Gasteiger partial charge >= 0.3 is 0 Å². The lowest BCUT2D eigenvalue weighted by molar-refractivity contribution is -0.117. The van der Waals surface area contributed by atoms with Gasteiger partial charge in [-0.1, -0.05) is 20.8 Å². The molecule has 15 heavy (non-hydrogen) atoms. The lowest BCUT2D eigenvalue weighted by atomic mass is 9.89. The van der Waals surface area contributed by atoms with Gasteiger partial charge in [-0.05, 0) is 17.9 Å². The predicted molar refractivity (Wildman–Crippen MR) is 59.7 cm³/mol. The summed E-state index contributed by atoms with van der Waals surface area (Å²) in [5, 5.41) is 0. The van der Waals surface area contributed by atoms with Gasteiger partial charge in [-0.2, -0.15) is 0 Å². The second-order valence-corrected chi connectivity index (χ2v) is 4.84. The van der Waals surface area contributed by atoms with Crippen molar-refractivity contribution in [3.8, 4) is 0 Å². The van der Waals surface area contributed by atoms with E-state index in [1.165, 1.54) is 0 Å². The van der Waals surface area contributed by atoms with Crippen molar-refractivity contribution in [3.05, 3.63) is 23.8 Å². The summed E-state index contributed by atoms with van der Waals surface area (Å²) in [7, 11) is 0. The van der Waals surface area contributed by atoms with Gasteiger partial charge in [0.25, 0.3) is 0 Å². The molecule has 0 unspecified atom stereocenters. The lowest BCUT2D eigenvalue weighted by Crippen LogP contribution is -2.12. The number of carbonyl (C=O) groups is 1. The molecular formula is C12H18N2O. The highest BCUT2D eigenvalue weighted by atomic mass is 16.1. The average molecular weight is 206 g/mol. The first-order valence-corrected chi connectivity index (χ1v) is 5.20. The van der Waals surface area contributed by atoms with Crippen molar-refractivity contribution in [1.82, 2.24) is 9.97 Å². The highest BCUT2D eigenvalue weighted by molar-refractivity contribution is 5.75. The Morgan fingerprint density at radius 2 is 1.80 bits per heavy atom. The molecule has 0 aromatic carbocycles. The Morgan fingerprint density at radius 3 is 2.20 bits per heavy atom. The van der Waals surface area contributed by atoms with E-state index >= 15 is 0 Å². The predicted octanol–water partition coefficient (Wildman–Crippen LogP) is 2.30. The molecule has 0 fully saturated rings. The third kappa shape index (κ3) is 3.78. The number of ketones is 1. The summed E-state index contributed by atoms with van der Waals surface area (Å²) in [5.74, 6) is 0.927. The fourth-order valence-electron chi connectivity index (χ4n) is 1.16. The number of nitrogens with zero attached hydrogens (tertiary/aromatic N) is 2. The van der Waals surface area contributed by atoms with Crippen molar-refractivity contribution >= 4 is 5.78 Å². The zero-order valence-corrected chi connectivity index (χ0v) is 9.87. The van der Waals surface area contributed by atoms with Gasteiger partial charge in [-0.3, -0.25) is 0 Å². The molecule has 0 spiro atoms. The van der Waals surface area contributed by atoms with E-state index in [1.54, 1.807) is 6.92 Å². The summed E-state index contributed by atoms with van der Waals surface area (Å²) < 4.78 is 0. The molecule has 3 heteroatoms. The minimum atomic E-state index is 0.0824. The zero-order valence-electron chi connectivity index (χ0n) is 9.87. The second-order valence-electron chi connectivity index (χ2n) is 4.84. The van der Waals surface area contributed by atoms with Crippen molar-refractivity contribution < 1.29 is 4.79 Å². The van der Waals surface area contributed by atoms with Crippen molar-refractivity contribution in [2.45, 2.75) is 46.0 Å². The van der Waals surface area contributed by atoms with Crippen LogP contribution in [-0.2, 0) is 16.6 Å². The van der Waals surface area contributed by atoms with Crippen LogP contribution in [-0.4, -0.2) is 15.8 Å². The van der Waals surface area contributed by atoms with E-state index in [1.807, 2.05) is 12.4 Å². The molecule has 1 aromatic heterocycles. The maximum absolute atomic E-state index is 10.8. The number of carbonyl (C=O) groups excluding carboxylic acids is 1. The van der Waals surface area contributed by atoms with E-state index in [9.17, 15) is 4.79 Å². The van der Waals surface area contributed by atoms with E-state index in [4.69, 9.17) is 0 Å². The Balaban J connectivity index is 2.69. The van der Waals surface area contributed by atoms with Gasteiger partial charge in [0.1, 0.15) is 11.6 Å². The molecular weight excluding hydrogens is 188 g/mol. The van der Waals surface area contributed by atoms with Gasteiger partial charge in [0.2, 0.25) is 0 Å². The van der Waals surface area contributed by atoms with Crippen LogP contribution >= 0.6 is 0 Å². The van der Waals surface area contributed by atoms with Gasteiger partial charge in [-0.25, -0.2) is 9.97 Å². The highest BCUT2D eigenvalue weighted by Crippen LogP contribution is 2.19. The summed E-state index contributed by atoms with van der Waals surface area (Å²) >= 11 is 0. The van der Waals surface area contributed by atoms with Crippen LogP contribution < -0.4 is 0 Å². The molecule has 0 amide bonds. The van der Waals surface area contributed by atoms with Crippen LogP contribution in [0.15, 0.2) is 12.4 Å². The van der Waals surface area contributed by atoms with E-state index in [0.29, 0.717) is 12.8 Å². The average Bonchev–Trinajstić information content (AvgIpc) is 2.14. The number of Topliss-reactive ketones (excluding diaryl/α,β-unsaturated/α-hetero) is 1. The molecule has 1 heterocycles. The summed E-state index contributed by atoms with van der Waals surface area (Å²) in [6, 6.07) is 0. The summed E-state index contributed by atoms with van der Waals surface area (Å²) in [6.07, 6.45) is 4.86. The van der Waals surface area contributed by atoms with E-state index in [0.717, 1.165) is 11.4 Å². The van der Waals surface area contributed by atoms with Crippen molar-refractivity contribution in [3.63, 3.8) is 0 Å². The van der Waals surface area contributed by atoms with Crippen LogP contribution in [0.1, 0.15) is 45.5 Å². The minimum Gasteiger partial charge on any atom is -0.300 e. The molecule has 82 valence electrons. The fourth-order valence-corrected chi connectivity index (χ4v) is 1.16. The molecule has 1 rings (SSSR count). The van der Waals surface area contributed by atoms with Crippen LogP contribution in [0.4, 0.5) is 0 Å². The van der Waals surface area contributed by atoms with Crippen LogP contribution in [0.3, 0.4) is 0 Å². The molecule has 3 nitrogen and oxygen atoms in total. The number of hydrogen-bond donors (Lipinski definition) is 0. The molecule has 0 radical (unpaired) electrons. The number of aromatic nitrogens is 2. The van der Waals surface area contributed by atoms with Crippen LogP contribution in [0.2, 0.25) is 0 Å². The van der Waals surface area contributed by atoms with Gasteiger partial charge in [0.05, 0.1) is 0 Å². The molecule has 0 saturated carbocycles. The van der Waals surface area contributed by atoms with Gasteiger partial charge in [0, 0.05) is 25.2 Å². The van der Waals surface area contributed by atoms with Crippen molar-refractivity contribution in [1.29, 1.82) is 0 Å². The van der Waals surface area contributed by atoms with E-state index < -0.39 is 0 Å². The second kappa shape index (κ2) is 4.51. The number of hydrogen-bond acceptors (Lipinski definition) is 3. The van der Waals surface area contributed by atoms with Gasteiger partial charge < -0.3 is 4.79 Å². The van der Waals surface area contributed by atoms with Crippen LogP contribution in [0.5, 0.6) is 0 Å². The summed E-state index contributed by atoms with van der Waals surface area (Å²) in [6.45, 7) is 7.96. The van der Waals surface area contributed by atoms with Gasteiger partial charge in [0.15, 0.2) is 0 Å². The first-order chi connectivity index (χ1) is 6.89. The molecule has 0 aliphatic carbocycles.